The lowest BCUT2D eigenvalue weighted by Crippen LogP contribution is -2.41. The van der Waals surface area contributed by atoms with Gasteiger partial charge in [0.25, 0.3) is 5.91 Å². The fraction of sp³-hybridized carbons (Fsp3) is 0.211. The normalized spacial score (nSPS) is 15.8. The van der Waals surface area contributed by atoms with Crippen LogP contribution in [-0.2, 0) is 4.79 Å². The van der Waals surface area contributed by atoms with Crippen molar-refractivity contribution in [3.8, 4) is 0 Å². The molecule has 2 aromatic carbocycles. The molecular formula is C19H17F2N3O4S. The molecule has 3 rings (SSSR count). The van der Waals surface area contributed by atoms with Gasteiger partial charge >= 0.3 is 12.0 Å². The molecule has 0 spiro atoms. The number of urea groups is 1. The number of imide groups is 1. The smallest absolute Gasteiger partial charge is 0.338 e. The number of carbonyl (C=O) groups is 3. The summed E-state index contributed by atoms with van der Waals surface area (Å²) >= 11 is 0.961. The number of rotatable bonds is 5. The molecule has 0 atom stereocenters. The van der Waals surface area contributed by atoms with Crippen molar-refractivity contribution in [2.45, 2.75) is 24.3 Å². The van der Waals surface area contributed by atoms with Gasteiger partial charge < -0.3 is 14.7 Å². The number of nitrogens with one attached hydrogen (secondary N) is 1. The highest BCUT2D eigenvalue weighted by atomic mass is 32.2. The minimum Gasteiger partial charge on any atom is -0.478 e. The van der Waals surface area contributed by atoms with E-state index in [9.17, 15) is 23.2 Å². The molecule has 0 aliphatic carbocycles. The number of halogens is 2. The van der Waals surface area contributed by atoms with Gasteiger partial charge in [-0.15, -0.1) is 0 Å². The summed E-state index contributed by atoms with van der Waals surface area (Å²) in [7, 11) is 1.55. The third kappa shape index (κ3) is 3.63. The first-order chi connectivity index (χ1) is 13.5. The van der Waals surface area contributed by atoms with Crippen LogP contribution in [0.25, 0.3) is 0 Å². The van der Waals surface area contributed by atoms with E-state index in [1.54, 1.807) is 45.2 Å². The van der Waals surface area contributed by atoms with E-state index >= 15 is 0 Å². The molecule has 0 bridgehead atoms. The highest BCUT2D eigenvalue weighted by molar-refractivity contribution is 8.00. The van der Waals surface area contributed by atoms with E-state index in [1.165, 1.54) is 4.90 Å². The monoisotopic (exact) mass is 421 g/mol. The molecule has 2 aromatic rings. The number of nitrogens with zero attached hydrogens (tertiary/aromatic N) is 2. The van der Waals surface area contributed by atoms with Gasteiger partial charge in [-0.3, -0.25) is 4.79 Å². The lowest BCUT2D eigenvalue weighted by molar-refractivity contribution is -0.123. The van der Waals surface area contributed by atoms with Crippen LogP contribution in [0.3, 0.4) is 0 Å². The van der Waals surface area contributed by atoms with E-state index in [0.29, 0.717) is 16.6 Å². The quantitative estimate of drug-likeness (QED) is 0.561. The number of hydrogen-bond donors (Lipinski definition) is 2. The molecule has 1 heterocycles. The molecular weight excluding hydrogens is 404 g/mol. The molecule has 1 saturated heterocycles. The molecule has 29 heavy (non-hydrogen) atoms. The lowest BCUT2D eigenvalue weighted by atomic mass is 10.1. The molecule has 1 aliphatic heterocycles. The second-order valence-electron chi connectivity index (χ2n) is 6.86. The van der Waals surface area contributed by atoms with Crippen LogP contribution in [0, 0.1) is 11.6 Å². The number of amides is 3. The first-order valence-electron chi connectivity index (χ1n) is 8.41. The fourth-order valence-corrected chi connectivity index (χ4v) is 3.34. The fourth-order valence-electron chi connectivity index (χ4n) is 2.69. The molecule has 7 nitrogen and oxygen atoms in total. The standard InChI is InChI=1S/C19H17F2N3O4S/c1-19(2)17(27)24(18(28)23(19)3)10-4-6-11(7-5-10)29-22-15-9-13(20)12(16(25)26)8-14(15)21/h4-9,22H,1-3H3,(H,25,26). The minimum atomic E-state index is -1.56. The summed E-state index contributed by atoms with van der Waals surface area (Å²) in [5.41, 5.74) is -1.52. The maximum absolute atomic E-state index is 14.0. The van der Waals surface area contributed by atoms with Crippen LogP contribution in [0.1, 0.15) is 24.2 Å². The third-order valence-electron chi connectivity index (χ3n) is 4.70. The lowest BCUT2D eigenvalue weighted by Gasteiger charge is -2.22. The summed E-state index contributed by atoms with van der Waals surface area (Å²) in [6.45, 7) is 3.31. The van der Waals surface area contributed by atoms with Gasteiger partial charge in [-0.1, -0.05) is 0 Å². The molecule has 0 unspecified atom stereocenters. The van der Waals surface area contributed by atoms with Crippen LogP contribution >= 0.6 is 11.9 Å². The van der Waals surface area contributed by atoms with Crippen molar-refractivity contribution in [3.63, 3.8) is 0 Å². The van der Waals surface area contributed by atoms with Gasteiger partial charge in [-0.2, -0.15) is 0 Å². The van der Waals surface area contributed by atoms with Crippen molar-refractivity contribution in [1.29, 1.82) is 0 Å². The van der Waals surface area contributed by atoms with Crippen molar-refractivity contribution in [1.82, 2.24) is 4.90 Å². The number of hydrogen-bond acceptors (Lipinski definition) is 5. The van der Waals surface area contributed by atoms with E-state index in [0.717, 1.165) is 22.9 Å². The van der Waals surface area contributed by atoms with Crippen LogP contribution in [0.4, 0.5) is 25.0 Å². The Morgan fingerprint density at radius 3 is 2.24 bits per heavy atom. The average molecular weight is 421 g/mol. The van der Waals surface area contributed by atoms with Gasteiger partial charge in [-0.05, 0) is 56.1 Å². The van der Waals surface area contributed by atoms with Crippen molar-refractivity contribution >= 4 is 41.2 Å². The number of carboxylic acids is 1. The zero-order valence-corrected chi connectivity index (χ0v) is 16.5. The summed E-state index contributed by atoms with van der Waals surface area (Å²) in [5.74, 6) is -3.88. The summed E-state index contributed by atoms with van der Waals surface area (Å²) < 4.78 is 30.3. The molecule has 10 heteroatoms. The number of carbonyl (C=O) groups excluding carboxylic acids is 2. The highest BCUT2D eigenvalue weighted by Gasteiger charge is 2.49. The number of likely N-dealkylation sites (N-methyl/N-ethyl adjacent to an activating group) is 1. The average Bonchev–Trinajstić information content (AvgIpc) is 2.82. The predicted molar refractivity (Wildman–Crippen MR) is 104 cm³/mol. The summed E-state index contributed by atoms with van der Waals surface area (Å²) in [5, 5.41) is 8.80. The van der Waals surface area contributed by atoms with E-state index in [-0.39, 0.29) is 11.6 Å². The second-order valence-corrected chi connectivity index (χ2v) is 7.74. The van der Waals surface area contributed by atoms with E-state index in [2.05, 4.69) is 4.72 Å². The first-order valence-corrected chi connectivity index (χ1v) is 9.23. The molecule has 0 aromatic heterocycles. The molecule has 3 amide bonds. The van der Waals surface area contributed by atoms with Gasteiger partial charge in [-0.25, -0.2) is 23.3 Å². The minimum absolute atomic E-state index is 0.213. The van der Waals surface area contributed by atoms with Crippen LogP contribution < -0.4 is 9.62 Å². The molecule has 2 N–H and O–H groups in total. The van der Waals surface area contributed by atoms with Gasteiger partial charge in [0.1, 0.15) is 17.2 Å². The number of carboxylic acid groups (broad SMARTS) is 1. The van der Waals surface area contributed by atoms with Gasteiger partial charge in [0, 0.05) is 18.0 Å². The van der Waals surface area contributed by atoms with Crippen LogP contribution in [-0.4, -0.2) is 40.5 Å². The topological polar surface area (TPSA) is 90.0 Å². The zero-order chi connectivity index (χ0) is 21.5. The highest BCUT2D eigenvalue weighted by Crippen LogP contribution is 2.32. The predicted octanol–water partition coefficient (Wildman–Crippen LogP) is 3.96. The van der Waals surface area contributed by atoms with Crippen molar-refractivity contribution in [2.24, 2.45) is 0 Å². The molecule has 152 valence electrons. The Kier molecular flexibility index (Phi) is 5.22. The van der Waals surface area contributed by atoms with E-state index in [4.69, 9.17) is 5.11 Å². The van der Waals surface area contributed by atoms with Crippen LogP contribution in [0.5, 0.6) is 0 Å². The van der Waals surface area contributed by atoms with Gasteiger partial charge in [0.15, 0.2) is 0 Å². The summed E-state index contributed by atoms with van der Waals surface area (Å²) in [6, 6.07) is 7.29. The number of aromatic carboxylic acids is 1. The van der Waals surface area contributed by atoms with Crippen molar-refractivity contribution < 1.29 is 28.3 Å². The van der Waals surface area contributed by atoms with Crippen LogP contribution in [0.2, 0.25) is 0 Å². The van der Waals surface area contributed by atoms with E-state index < -0.39 is 34.7 Å². The SMILES string of the molecule is CN1C(=O)N(c2ccc(SNc3cc(F)c(C(=O)O)cc3F)cc2)C(=O)C1(C)C. The van der Waals surface area contributed by atoms with Gasteiger partial charge in [0.05, 0.1) is 16.9 Å². The van der Waals surface area contributed by atoms with Crippen LogP contribution in [0.15, 0.2) is 41.3 Å². The Morgan fingerprint density at radius 1 is 1.10 bits per heavy atom. The Balaban J connectivity index is 1.74. The Morgan fingerprint density at radius 2 is 1.72 bits per heavy atom. The third-order valence-corrected chi connectivity index (χ3v) is 5.53. The summed E-state index contributed by atoms with van der Waals surface area (Å²) in [4.78, 5) is 38.8. The van der Waals surface area contributed by atoms with E-state index in [1.807, 2.05) is 0 Å². The molecule has 1 fully saturated rings. The Bertz CT molecular complexity index is 1010. The molecule has 1 aliphatic rings. The molecule has 0 saturated carbocycles. The maximum atomic E-state index is 14.0. The number of anilines is 2. The van der Waals surface area contributed by atoms with Crippen molar-refractivity contribution in [3.05, 3.63) is 53.6 Å². The maximum Gasteiger partial charge on any atom is 0.338 e. The molecule has 0 radical (unpaired) electrons. The zero-order valence-electron chi connectivity index (χ0n) is 15.7. The van der Waals surface area contributed by atoms with Crippen molar-refractivity contribution in [2.75, 3.05) is 16.7 Å². The Hall–Kier alpha value is -3.14. The summed E-state index contributed by atoms with van der Waals surface area (Å²) in [6.07, 6.45) is 0. The second kappa shape index (κ2) is 7.36. The number of benzene rings is 2. The first kappa shape index (κ1) is 20.6. The van der Waals surface area contributed by atoms with Gasteiger partial charge in [0.2, 0.25) is 0 Å². The largest absolute Gasteiger partial charge is 0.478 e. The Labute approximate surface area is 169 Å².